The summed E-state index contributed by atoms with van der Waals surface area (Å²) in [5.74, 6) is -0.746. The Balaban J connectivity index is 1.92. The van der Waals surface area contributed by atoms with Crippen LogP contribution in [0.2, 0.25) is 0 Å². The lowest BCUT2D eigenvalue weighted by molar-refractivity contribution is -0.172. The van der Waals surface area contributed by atoms with Crippen molar-refractivity contribution >= 4 is 11.9 Å². The standard InChI is InChI=1S/C35H40O11/c1-9-18(2)33(36)45-27-19(3)35(4,38)32(46-34(37)20-13-11-10-12-14-20)22-16-23(39-5)28(40-6)30(41-7)26(22)25-21(27)15-24-29(31(25)42-8)44-17-43-24/h10-16,18-19,27,32,38H,9,17H2,1-8H3/t18?,19-,27+,32-,35-/m0/s1. The highest BCUT2D eigenvalue weighted by Gasteiger charge is 2.52. The minimum atomic E-state index is -1.84. The van der Waals surface area contributed by atoms with Gasteiger partial charge in [-0.15, -0.1) is 0 Å². The zero-order valence-electron chi connectivity index (χ0n) is 27.3. The van der Waals surface area contributed by atoms with E-state index in [1.807, 2.05) is 6.92 Å². The van der Waals surface area contributed by atoms with Crippen molar-refractivity contribution in [1.29, 1.82) is 0 Å². The number of carbonyl (C=O) groups is 2. The van der Waals surface area contributed by atoms with Gasteiger partial charge in [0, 0.05) is 28.2 Å². The molecule has 2 aliphatic rings. The van der Waals surface area contributed by atoms with Gasteiger partial charge in [0.05, 0.1) is 39.9 Å². The maximum Gasteiger partial charge on any atom is 0.338 e. The van der Waals surface area contributed by atoms with Crippen LogP contribution >= 0.6 is 0 Å². The lowest BCUT2D eigenvalue weighted by atomic mass is 9.71. The molecule has 0 amide bonds. The van der Waals surface area contributed by atoms with Gasteiger partial charge in [-0.3, -0.25) is 4.79 Å². The number of aliphatic hydroxyl groups is 1. The van der Waals surface area contributed by atoms with Crippen LogP contribution in [0.15, 0.2) is 42.5 Å². The number of hydrogen-bond donors (Lipinski definition) is 1. The third kappa shape index (κ3) is 5.42. The predicted molar refractivity (Wildman–Crippen MR) is 167 cm³/mol. The molecule has 1 N–H and O–H groups in total. The minimum absolute atomic E-state index is 0.0631. The fourth-order valence-electron chi connectivity index (χ4n) is 5.98. The van der Waals surface area contributed by atoms with Crippen molar-refractivity contribution < 1.29 is 52.6 Å². The summed E-state index contributed by atoms with van der Waals surface area (Å²) in [6.45, 7) is 6.88. The van der Waals surface area contributed by atoms with E-state index in [4.69, 9.17) is 37.9 Å². The second kappa shape index (κ2) is 13.0. The summed E-state index contributed by atoms with van der Waals surface area (Å²) in [7, 11) is 5.88. The summed E-state index contributed by atoms with van der Waals surface area (Å²) >= 11 is 0. The molecule has 3 aromatic carbocycles. The molecule has 5 rings (SSSR count). The fourth-order valence-corrected chi connectivity index (χ4v) is 5.98. The first-order valence-electron chi connectivity index (χ1n) is 15.1. The molecule has 246 valence electrons. The zero-order valence-corrected chi connectivity index (χ0v) is 27.3. The van der Waals surface area contributed by atoms with Crippen LogP contribution in [0.1, 0.15) is 67.8 Å². The second-order valence-corrected chi connectivity index (χ2v) is 11.6. The molecule has 0 radical (unpaired) electrons. The molecule has 0 spiro atoms. The van der Waals surface area contributed by atoms with Crippen molar-refractivity contribution in [3.05, 3.63) is 59.2 Å². The van der Waals surface area contributed by atoms with E-state index in [0.717, 1.165) is 0 Å². The first-order chi connectivity index (χ1) is 22.0. The summed E-state index contributed by atoms with van der Waals surface area (Å²) in [5, 5.41) is 12.6. The van der Waals surface area contributed by atoms with Crippen molar-refractivity contribution in [3.63, 3.8) is 0 Å². The molecule has 0 fully saturated rings. The number of esters is 2. The van der Waals surface area contributed by atoms with Crippen molar-refractivity contribution in [1.82, 2.24) is 0 Å². The van der Waals surface area contributed by atoms with Gasteiger partial charge in [-0.1, -0.05) is 39.0 Å². The van der Waals surface area contributed by atoms with E-state index in [9.17, 15) is 14.7 Å². The zero-order chi connectivity index (χ0) is 33.3. The normalized spacial score (nSPS) is 21.9. The van der Waals surface area contributed by atoms with Crippen molar-refractivity contribution in [2.45, 2.75) is 51.9 Å². The van der Waals surface area contributed by atoms with Gasteiger partial charge >= 0.3 is 11.9 Å². The van der Waals surface area contributed by atoms with Crippen molar-refractivity contribution in [2.24, 2.45) is 11.8 Å². The molecular formula is C35H40O11. The topological polar surface area (TPSA) is 128 Å². The average Bonchev–Trinajstić information content (AvgIpc) is 3.55. The SMILES string of the molecule is CCC(C)C(=O)O[C@H]1c2cc3c(c(OC)c2-c2c(cc(OC)c(OC)c2OC)[C@H](OC(=O)c2ccccc2)[C@@](C)(O)[C@H]1C)OCO3. The average molecular weight is 637 g/mol. The first-order valence-corrected chi connectivity index (χ1v) is 15.1. The number of benzene rings is 3. The molecule has 0 saturated heterocycles. The highest BCUT2D eigenvalue weighted by Crippen LogP contribution is 2.61. The third-order valence-corrected chi connectivity index (χ3v) is 8.95. The van der Waals surface area contributed by atoms with E-state index in [0.29, 0.717) is 40.2 Å². The molecule has 1 heterocycles. The summed E-state index contributed by atoms with van der Waals surface area (Å²) in [6.07, 6.45) is -1.87. The highest BCUT2D eigenvalue weighted by atomic mass is 16.7. The number of hydrogen-bond acceptors (Lipinski definition) is 11. The van der Waals surface area contributed by atoms with Gasteiger partial charge in [-0.25, -0.2) is 4.79 Å². The van der Waals surface area contributed by atoms with Crippen LogP contribution in [0.25, 0.3) is 11.1 Å². The smallest absolute Gasteiger partial charge is 0.338 e. The fraction of sp³-hybridized carbons (Fsp3) is 0.429. The molecule has 1 aliphatic carbocycles. The predicted octanol–water partition coefficient (Wildman–Crippen LogP) is 6.05. The lowest BCUT2D eigenvalue weighted by Gasteiger charge is -2.44. The number of carbonyl (C=O) groups excluding carboxylic acids is 2. The number of rotatable bonds is 9. The van der Waals surface area contributed by atoms with Crippen LogP contribution in [-0.2, 0) is 14.3 Å². The quantitative estimate of drug-likeness (QED) is 0.276. The summed E-state index contributed by atoms with van der Waals surface area (Å²) < 4.78 is 47.6. The number of methoxy groups -OCH3 is 4. The van der Waals surface area contributed by atoms with Gasteiger partial charge in [-0.05, 0) is 37.6 Å². The maximum atomic E-state index is 13.7. The molecule has 3 aromatic rings. The maximum absolute atomic E-state index is 13.7. The molecule has 0 saturated carbocycles. The Kier molecular flexibility index (Phi) is 9.25. The minimum Gasteiger partial charge on any atom is -0.493 e. The van der Waals surface area contributed by atoms with Gasteiger partial charge in [0.25, 0.3) is 0 Å². The van der Waals surface area contributed by atoms with E-state index >= 15 is 0 Å². The summed E-state index contributed by atoms with van der Waals surface area (Å²) in [4.78, 5) is 27.1. The summed E-state index contributed by atoms with van der Waals surface area (Å²) in [5.41, 5.74) is 0.0115. The Labute approximate surface area is 268 Å². The molecule has 1 unspecified atom stereocenters. The molecule has 11 nitrogen and oxygen atoms in total. The lowest BCUT2D eigenvalue weighted by Crippen LogP contribution is -2.46. The van der Waals surface area contributed by atoms with Crippen LogP contribution in [0, 0.1) is 11.8 Å². The summed E-state index contributed by atoms with van der Waals surface area (Å²) in [6, 6.07) is 11.8. The van der Waals surface area contributed by atoms with Crippen LogP contribution in [0.4, 0.5) is 0 Å². The van der Waals surface area contributed by atoms with E-state index < -0.39 is 41.6 Å². The number of fused-ring (bicyclic) bond motifs is 4. The molecular weight excluding hydrogens is 596 g/mol. The van der Waals surface area contributed by atoms with E-state index in [1.165, 1.54) is 28.4 Å². The third-order valence-electron chi connectivity index (χ3n) is 8.95. The van der Waals surface area contributed by atoms with E-state index in [-0.39, 0.29) is 35.4 Å². The Morgan fingerprint density at radius 1 is 0.913 bits per heavy atom. The van der Waals surface area contributed by atoms with Crippen molar-refractivity contribution in [3.8, 4) is 45.6 Å². The molecule has 5 atom stereocenters. The molecule has 11 heteroatoms. The van der Waals surface area contributed by atoms with Crippen molar-refractivity contribution in [2.75, 3.05) is 35.2 Å². The molecule has 46 heavy (non-hydrogen) atoms. The molecule has 0 aromatic heterocycles. The Hall–Kier alpha value is -4.64. The van der Waals surface area contributed by atoms with E-state index in [1.54, 1.807) is 63.2 Å². The number of ether oxygens (including phenoxy) is 8. The van der Waals surface area contributed by atoms with Gasteiger partial charge in [-0.2, -0.15) is 0 Å². The van der Waals surface area contributed by atoms with Crippen LogP contribution in [0.3, 0.4) is 0 Å². The highest BCUT2D eigenvalue weighted by molar-refractivity contribution is 5.92. The monoisotopic (exact) mass is 636 g/mol. The molecule has 1 aliphatic heterocycles. The van der Waals surface area contributed by atoms with Gasteiger partial charge in [0.15, 0.2) is 29.1 Å². The van der Waals surface area contributed by atoms with E-state index in [2.05, 4.69) is 0 Å². The van der Waals surface area contributed by atoms with Crippen LogP contribution < -0.4 is 28.4 Å². The second-order valence-electron chi connectivity index (χ2n) is 11.6. The first kappa shape index (κ1) is 32.7. The molecule has 0 bridgehead atoms. The van der Waals surface area contributed by atoms with Gasteiger partial charge in [0.1, 0.15) is 11.7 Å². The van der Waals surface area contributed by atoms with Crippen LogP contribution in [0.5, 0.6) is 34.5 Å². The van der Waals surface area contributed by atoms with Crippen LogP contribution in [-0.4, -0.2) is 57.9 Å². The Morgan fingerprint density at radius 3 is 2.17 bits per heavy atom. The Bertz CT molecular complexity index is 1610. The largest absolute Gasteiger partial charge is 0.493 e. The van der Waals surface area contributed by atoms with Gasteiger partial charge < -0.3 is 43.0 Å². The Morgan fingerprint density at radius 2 is 1.57 bits per heavy atom. The van der Waals surface area contributed by atoms with Gasteiger partial charge in [0.2, 0.25) is 18.3 Å².